The summed E-state index contributed by atoms with van der Waals surface area (Å²) < 4.78 is 51.3. The third-order valence-corrected chi connectivity index (χ3v) is 3.30. The second-order valence-corrected chi connectivity index (χ2v) is 5.06. The van der Waals surface area contributed by atoms with Crippen molar-refractivity contribution in [1.29, 1.82) is 0 Å². The smallest absolute Gasteiger partial charge is 0.279 e. The summed E-state index contributed by atoms with van der Waals surface area (Å²) in [7, 11) is -4.00. The molecule has 0 spiro atoms. The molecule has 0 aliphatic carbocycles. The van der Waals surface area contributed by atoms with E-state index in [0.717, 1.165) is 18.3 Å². The number of hydrogen-bond acceptors (Lipinski definition) is 4. The SMILES string of the molecule is Cc1ncc(S(=O)(=O)Nc2ccc(F)nc2F)[nH]1. The van der Waals surface area contributed by atoms with Gasteiger partial charge in [-0.3, -0.25) is 4.72 Å². The van der Waals surface area contributed by atoms with Crippen LogP contribution in [0.3, 0.4) is 0 Å². The lowest BCUT2D eigenvalue weighted by molar-refractivity contribution is 0.515. The van der Waals surface area contributed by atoms with Crippen LogP contribution >= 0.6 is 0 Å². The molecule has 0 bridgehead atoms. The number of nitrogens with one attached hydrogen (secondary N) is 2. The van der Waals surface area contributed by atoms with Crippen molar-refractivity contribution in [3.63, 3.8) is 0 Å². The van der Waals surface area contributed by atoms with Crippen molar-refractivity contribution in [2.45, 2.75) is 11.9 Å². The molecule has 0 amide bonds. The van der Waals surface area contributed by atoms with E-state index in [1.807, 2.05) is 4.72 Å². The minimum atomic E-state index is -4.00. The molecule has 6 nitrogen and oxygen atoms in total. The number of aromatic amines is 1. The van der Waals surface area contributed by atoms with Gasteiger partial charge in [0.1, 0.15) is 11.5 Å². The molecule has 9 heteroatoms. The standard InChI is InChI=1S/C9H8F2N4O2S/c1-5-12-4-8(13-5)18(16,17)15-6-2-3-7(10)14-9(6)11/h2-4,15H,1H3,(H,12,13). The van der Waals surface area contributed by atoms with Gasteiger partial charge in [-0.2, -0.15) is 22.2 Å². The Morgan fingerprint density at radius 1 is 1.33 bits per heavy atom. The third-order valence-electron chi connectivity index (χ3n) is 2.03. The molecule has 0 radical (unpaired) electrons. The van der Waals surface area contributed by atoms with Crippen molar-refractivity contribution in [2.24, 2.45) is 0 Å². The van der Waals surface area contributed by atoms with Gasteiger partial charge in [0.2, 0.25) is 11.9 Å². The van der Waals surface area contributed by atoms with Crippen LogP contribution in [0.5, 0.6) is 0 Å². The minimum absolute atomic E-state index is 0.219. The first kappa shape index (κ1) is 12.4. The van der Waals surface area contributed by atoms with E-state index in [0.29, 0.717) is 5.82 Å². The summed E-state index contributed by atoms with van der Waals surface area (Å²) in [6, 6.07) is 1.79. The van der Waals surface area contributed by atoms with Gasteiger partial charge in [-0.15, -0.1) is 0 Å². The van der Waals surface area contributed by atoms with Gasteiger partial charge in [-0.05, 0) is 19.1 Å². The van der Waals surface area contributed by atoms with Gasteiger partial charge in [0.15, 0.2) is 5.03 Å². The minimum Gasteiger partial charge on any atom is -0.332 e. The predicted octanol–water partition coefficient (Wildman–Crippen LogP) is 1.19. The summed E-state index contributed by atoms with van der Waals surface area (Å²) in [5, 5.41) is -0.219. The van der Waals surface area contributed by atoms with Gasteiger partial charge in [-0.25, -0.2) is 4.98 Å². The highest BCUT2D eigenvalue weighted by Crippen LogP contribution is 2.16. The van der Waals surface area contributed by atoms with E-state index < -0.39 is 27.6 Å². The average Bonchev–Trinajstić information content (AvgIpc) is 2.70. The molecule has 0 unspecified atom stereocenters. The molecule has 2 rings (SSSR count). The molecule has 2 aromatic heterocycles. The van der Waals surface area contributed by atoms with Gasteiger partial charge in [0.05, 0.1) is 6.20 Å². The lowest BCUT2D eigenvalue weighted by Crippen LogP contribution is -2.15. The second-order valence-electron chi connectivity index (χ2n) is 3.41. The van der Waals surface area contributed by atoms with E-state index in [2.05, 4.69) is 15.0 Å². The van der Waals surface area contributed by atoms with Crippen LogP contribution in [0.4, 0.5) is 14.5 Å². The fourth-order valence-corrected chi connectivity index (χ4v) is 2.25. The zero-order valence-electron chi connectivity index (χ0n) is 9.11. The molecule has 0 aliphatic heterocycles. The van der Waals surface area contributed by atoms with Gasteiger partial charge < -0.3 is 4.98 Å². The average molecular weight is 274 g/mol. The zero-order valence-corrected chi connectivity index (χ0v) is 9.92. The number of hydrogen-bond donors (Lipinski definition) is 2. The molecule has 0 atom stereocenters. The Morgan fingerprint density at radius 2 is 2.06 bits per heavy atom. The van der Waals surface area contributed by atoms with E-state index in [1.165, 1.54) is 0 Å². The number of pyridine rings is 1. The van der Waals surface area contributed by atoms with Crippen molar-refractivity contribution < 1.29 is 17.2 Å². The normalized spacial score (nSPS) is 11.5. The Labute approximate surface area is 101 Å². The second kappa shape index (κ2) is 4.33. The predicted molar refractivity (Wildman–Crippen MR) is 58.3 cm³/mol. The lowest BCUT2D eigenvalue weighted by Gasteiger charge is -2.06. The molecule has 2 N–H and O–H groups in total. The molecule has 2 heterocycles. The maximum absolute atomic E-state index is 13.2. The van der Waals surface area contributed by atoms with Crippen LogP contribution < -0.4 is 4.72 Å². The summed E-state index contributed by atoms with van der Waals surface area (Å²) >= 11 is 0. The number of sulfonamides is 1. The zero-order chi connectivity index (χ0) is 13.3. The van der Waals surface area contributed by atoms with Gasteiger partial charge >= 0.3 is 0 Å². The Morgan fingerprint density at radius 3 is 2.61 bits per heavy atom. The molecule has 0 aromatic carbocycles. The highest BCUT2D eigenvalue weighted by molar-refractivity contribution is 7.92. The van der Waals surface area contributed by atoms with Crippen LogP contribution in [-0.2, 0) is 10.0 Å². The number of H-pyrrole nitrogens is 1. The molecule has 2 aromatic rings. The number of aryl methyl sites for hydroxylation is 1. The van der Waals surface area contributed by atoms with Crippen molar-refractivity contribution in [3.8, 4) is 0 Å². The number of halogens is 2. The van der Waals surface area contributed by atoms with Gasteiger partial charge in [0, 0.05) is 0 Å². The largest absolute Gasteiger partial charge is 0.332 e. The van der Waals surface area contributed by atoms with Crippen LogP contribution in [-0.4, -0.2) is 23.4 Å². The number of aromatic nitrogens is 3. The number of nitrogens with zero attached hydrogens (tertiary/aromatic N) is 2. The van der Waals surface area contributed by atoms with Gasteiger partial charge in [0.25, 0.3) is 10.0 Å². The highest BCUT2D eigenvalue weighted by Gasteiger charge is 2.19. The van der Waals surface area contributed by atoms with Crippen LogP contribution in [0, 0.1) is 18.8 Å². The molecule has 18 heavy (non-hydrogen) atoms. The lowest BCUT2D eigenvalue weighted by atomic mass is 10.4. The summed E-state index contributed by atoms with van der Waals surface area (Å²) in [6.07, 6.45) is 1.09. The fourth-order valence-electron chi connectivity index (χ4n) is 1.22. The summed E-state index contributed by atoms with van der Waals surface area (Å²) in [6.45, 7) is 1.57. The number of anilines is 1. The van der Waals surface area contributed by atoms with E-state index in [9.17, 15) is 17.2 Å². The van der Waals surface area contributed by atoms with Crippen molar-refractivity contribution >= 4 is 15.7 Å². The Kier molecular flexibility index (Phi) is 2.99. The molecule has 0 fully saturated rings. The monoisotopic (exact) mass is 274 g/mol. The third kappa shape index (κ3) is 2.45. The van der Waals surface area contributed by atoms with E-state index in [1.54, 1.807) is 6.92 Å². The first-order chi connectivity index (χ1) is 8.38. The van der Waals surface area contributed by atoms with Crippen LogP contribution in [0.1, 0.15) is 5.82 Å². The van der Waals surface area contributed by atoms with Crippen molar-refractivity contribution in [1.82, 2.24) is 15.0 Å². The first-order valence-corrected chi connectivity index (χ1v) is 6.23. The van der Waals surface area contributed by atoms with Crippen molar-refractivity contribution in [3.05, 3.63) is 36.0 Å². The van der Waals surface area contributed by atoms with Crippen LogP contribution in [0.15, 0.2) is 23.4 Å². The topological polar surface area (TPSA) is 87.7 Å². The van der Waals surface area contributed by atoms with Crippen LogP contribution in [0.2, 0.25) is 0 Å². The van der Waals surface area contributed by atoms with E-state index in [-0.39, 0.29) is 5.03 Å². The molecule has 0 saturated carbocycles. The molecular formula is C9H8F2N4O2S. The Hall–Kier alpha value is -2.03. The first-order valence-electron chi connectivity index (χ1n) is 4.75. The van der Waals surface area contributed by atoms with Crippen molar-refractivity contribution in [2.75, 3.05) is 4.72 Å². The summed E-state index contributed by atoms with van der Waals surface area (Å²) in [5.41, 5.74) is -0.441. The highest BCUT2D eigenvalue weighted by atomic mass is 32.2. The quantitative estimate of drug-likeness (QED) is 0.823. The van der Waals surface area contributed by atoms with Crippen LogP contribution in [0.25, 0.3) is 0 Å². The summed E-state index contributed by atoms with van der Waals surface area (Å²) in [5.74, 6) is -1.88. The number of imidazole rings is 1. The number of rotatable bonds is 3. The maximum atomic E-state index is 13.2. The maximum Gasteiger partial charge on any atom is 0.279 e. The van der Waals surface area contributed by atoms with E-state index >= 15 is 0 Å². The Balaban J connectivity index is 2.33. The molecular weight excluding hydrogens is 266 g/mol. The van der Waals surface area contributed by atoms with E-state index in [4.69, 9.17) is 0 Å². The molecule has 0 aliphatic rings. The van der Waals surface area contributed by atoms with Gasteiger partial charge in [-0.1, -0.05) is 0 Å². The fraction of sp³-hybridized carbons (Fsp3) is 0.111. The Bertz CT molecular complexity index is 684. The summed E-state index contributed by atoms with van der Waals surface area (Å²) in [4.78, 5) is 9.08. The molecule has 0 saturated heterocycles. The molecule has 96 valence electrons.